The molecule has 96 valence electrons. The molecule has 1 heterocycles. The summed E-state index contributed by atoms with van der Waals surface area (Å²) in [7, 11) is 0. The maximum absolute atomic E-state index is 13.7. The van der Waals surface area contributed by atoms with E-state index in [0.29, 0.717) is 18.0 Å². The molecule has 0 aliphatic carbocycles. The van der Waals surface area contributed by atoms with Crippen molar-refractivity contribution in [2.45, 2.75) is 33.2 Å². The van der Waals surface area contributed by atoms with Gasteiger partial charge in [0.15, 0.2) is 0 Å². The topological polar surface area (TPSA) is 30.7 Å². The van der Waals surface area contributed by atoms with Crippen LogP contribution in [0.3, 0.4) is 0 Å². The Bertz CT molecular complexity index is 563. The first kappa shape index (κ1) is 13.2. The monoisotopic (exact) mass is 311 g/mol. The highest BCUT2D eigenvalue weighted by Gasteiger charge is 2.13. The summed E-state index contributed by atoms with van der Waals surface area (Å²) in [5, 5.41) is 8.22. The molecule has 0 saturated carbocycles. The summed E-state index contributed by atoms with van der Waals surface area (Å²) in [6.07, 6.45) is 0. The van der Waals surface area contributed by atoms with Gasteiger partial charge in [-0.1, -0.05) is 41.1 Å². The molecule has 3 nitrogen and oxygen atoms in total. The molecule has 1 aromatic carbocycles. The van der Waals surface area contributed by atoms with E-state index in [1.165, 1.54) is 6.07 Å². The molecule has 0 N–H and O–H groups in total. The van der Waals surface area contributed by atoms with Crippen molar-refractivity contribution < 1.29 is 4.39 Å². The highest BCUT2D eigenvalue weighted by Crippen LogP contribution is 2.19. The molecule has 1 aromatic heterocycles. The number of hydrogen-bond donors (Lipinski definition) is 0. The fourth-order valence-electron chi connectivity index (χ4n) is 1.87. The first-order chi connectivity index (χ1) is 8.49. The zero-order chi connectivity index (χ0) is 13.3. The quantitative estimate of drug-likeness (QED) is 0.866. The molecule has 0 fully saturated rings. The van der Waals surface area contributed by atoms with Gasteiger partial charge in [-0.3, -0.25) is 0 Å². The molecule has 2 rings (SSSR count). The minimum atomic E-state index is -0.231. The highest BCUT2D eigenvalue weighted by molar-refractivity contribution is 9.10. The largest absolute Gasteiger partial charge is 0.245 e. The highest BCUT2D eigenvalue weighted by atomic mass is 79.9. The average Bonchev–Trinajstić information content (AvgIpc) is 2.64. The number of rotatable bonds is 3. The number of nitrogens with zero attached hydrogens (tertiary/aromatic N) is 3. The van der Waals surface area contributed by atoms with Crippen LogP contribution in [0.2, 0.25) is 0 Å². The van der Waals surface area contributed by atoms with Gasteiger partial charge in [0.25, 0.3) is 0 Å². The van der Waals surface area contributed by atoms with Crippen molar-refractivity contribution >= 4 is 15.9 Å². The first-order valence-electron chi connectivity index (χ1n) is 5.83. The van der Waals surface area contributed by atoms with Crippen LogP contribution >= 0.6 is 15.9 Å². The van der Waals surface area contributed by atoms with E-state index in [-0.39, 0.29) is 5.82 Å². The van der Waals surface area contributed by atoms with Gasteiger partial charge in [0, 0.05) is 10.0 Å². The lowest BCUT2D eigenvalue weighted by atomic mass is 10.1. The van der Waals surface area contributed by atoms with Crippen LogP contribution in [0.1, 0.15) is 36.7 Å². The number of hydrogen-bond acceptors (Lipinski definition) is 2. The molecule has 2 aromatic rings. The van der Waals surface area contributed by atoms with Crippen LogP contribution in [0.4, 0.5) is 4.39 Å². The van der Waals surface area contributed by atoms with Crippen molar-refractivity contribution in [1.82, 2.24) is 15.0 Å². The SMILES string of the molecule is Cc1c(C(C)C)nnn1Cc1ccc(Br)cc1F. The Kier molecular flexibility index (Phi) is 3.80. The second-order valence-electron chi connectivity index (χ2n) is 4.61. The molecule has 0 radical (unpaired) electrons. The van der Waals surface area contributed by atoms with Gasteiger partial charge in [-0.2, -0.15) is 0 Å². The van der Waals surface area contributed by atoms with Crippen molar-refractivity contribution in [3.63, 3.8) is 0 Å². The zero-order valence-corrected chi connectivity index (χ0v) is 12.2. The fraction of sp³-hybridized carbons (Fsp3) is 0.385. The van der Waals surface area contributed by atoms with Crippen LogP contribution in [0.15, 0.2) is 22.7 Å². The smallest absolute Gasteiger partial charge is 0.129 e. The van der Waals surface area contributed by atoms with E-state index >= 15 is 0 Å². The number of aromatic nitrogens is 3. The summed E-state index contributed by atoms with van der Waals surface area (Å²) < 4.78 is 16.2. The molecule has 0 spiro atoms. The summed E-state index contributed by atoms with van der Waals surface area (Å²) in [6, 6.07) is 5.05. The summed E-state index contributed by atoms with van der Waals surface area (Å²) in [5.74, 6) is 0.0962. The Morgan fingerprint density at radius 1 is 1.39 bits per heavy atom. The van der Waals surface area contributed by atoms with Crippen LogP contribution in [-0.2, 0) is 6.54 Å². The lowest BCUT2D eigenvalue weighted by molar-refractivity contribution is 0.570. The maximum Gasteiger partial charge on any atom is 0.129 e. The third-order valence-corrected chi connectivity index (χ3v) is 3.39. The summed E-state index contributed by atoms with van der Waals surface area (Å²) in [6.45, 7) is 6.51. The molecule has 0 aliphatic rings. The number of benzene rings is 1. The Morgan fingerprint density at radius 2 is 2.11 bits per heavy atom. The van der Waals surface area contributed by atoms with Gasteiger partial charge in [-0.25, -0.2) is 9.07 Å². The molecular formula is C13H15BrFN3. The second-order valence-corrected chi connectivity index (χ2v) is 5.52. The van der Waals surface area contributed by atoms with Crippen molar-refractivity contribution in [1.29, 1.82) is 0 Å². The Morgan fingerprint density at radius 3 is 2.67 bits per heavy atom. The maximum atomic E-state index is 13.7. The van der Waals surface area contributed by atoms with Gasteiger partial charge in [-0.05, 0) is 25.0 Å². The average molecular weight is 312 g/mol. The van der Waals surface area contributed by atoms with Crippen LogP contribution < -0.4 is 0 Å². The van der Waals surface area contributed by atoms with Crippen molar-refractivity contribution in [3.8, 4) is 0 Å². The zero-order valence-electron chi connectivity index (χ0n) is 10.6. The van der Waals surface area contributed by atoms with Crippen LogP contribution in [-0.4, -0.2) is 15.0 Å². The summed E-state index contributed by atoms with van der Waals surface area (Å²) in [5.41, 5.74) is 2.57. The first-order valence-corrected chi connectivity index (χ1v) is 6.62. The molecule has 0 atom stereocenters. The second kappa shape index (κ2) is 5.18. The number of halogens is 2. The summed E-state index contributed by atoms with van der Waals surface area (Å²) >= 11 is 3.24. The van der Waals surface area contributed by atoms with Crippen molar-refractivity contribution in [2.75, 3.05) is 0 Å². The van der Waals surface area contributed by atoms with Gasteiger partial charge < -0.3 is 0 Å². The fourth-order valence-corrected chi connectivity index (χ4v) is 2.20. The van der Waals surface area contributed by atoms with E-state index in [0.717, 1.165) is 15.9 Å². The van der Waals surface area contributed by atoms with Gasteiger partial charge in [0.2, 0.25) is 0 Å². The van der Waals surface area contributed by atoms with E-state index in [2.05, 4.69) is 40.1 Å². The van der Waals surface area contributed by atoms with E-state index in [9.17, 15) is 4.39 Å². The molecule has 5 heteroatoms. The Hall–Kier alpha value is -1.23. The van der Waals surface area contributed by atoms with Crippen LogP contribution in [0.25, 0.3) is 0 Å². The molecular weight excluding hydrogens is 297 g/mol. The normalized spacial score (nSPS) is 11.2. The van der Waals surface area contributed by atoms with E-state index in [1.54, 1.807) is 10.7 Å². The standard InChI is InChI=1S/C13H15BrFN3/c1-8(2)13-9(3)18(17-16-13)7-10-4-5-11(14)6-12(10)15/h4-6,8H,7H2,1-3H3. The van der Waals surface area contributed by atoms with Gasteiger partial charge in [0.1, 0.15) is 5.82 Å². The summed E-state index contributed by atoms with van der Waals surface area (Å²) in [4.78, 5) is 0. The molecule has 18 heavy (non-hydrogen) atoms. The molecule has 0 amide bonds. The lowest BCUT2D eigenvalue weighted by Crippen LogP contribution is -2.06. The molecule has 0 aliphatic heterocycles. The minimum absolute atomic E-state index is 0.231. The van der Waals surface area contributed by atoms with E-state index in [1.807, 2.05) is 13.0 Å². The van der Waals surface area contributed by atoms with Crippen molar-refractivity contribution in [3.05, 3.63) is 45.4 Å². The van der Waals surface area contributed by atoms with Crippen molar-refractivity contribution in [2.24, 2.45) is 0 Å². The molecule has 0 unspecified atom stereocenters. The van der Waals surface area contributed by atoms with Crippen LogP contribution in [0, 0.1) is 12.7 Å². The molecule has 0 saturated heterocycles. The third-order valence-electron chi connectivity index (χ3n) is 2.90. The van der Waals surface area contributed by atoms with Gasteiger partial charge in [0.05, 0.1) is 17.9 Å². The third kappa shape index (κ3) is 2.61. The Balaban J connectivity index is 2.29. The Labute approximate surface area is 114 Å². The molecule has 0 bridgehead atoms. The van der Waals surface area contributed by atoms with Gasteiger partial charge >= 0.3 is 0 Å². The van der Waals surface area contributed by atoms with E-state index in [4.69, 9.17) is 0 Å². The van der Waals surface area contributed by atoms with Gasteiger partial charge in [-0.15, -0.1) is 5.10 Å². The lowest BCUT2D eigenvalue weighted by Gasteiger charge is -2.06. The predicted molar refractivity (Wildman–Crippen MR) is 72.1 cm³/mol. The van der Waals surface area contributed by atoms with Crippen LogP contribution in [0.5, 0.6) is 0 Å². The van der Waals surface area contributed by atoms with E-state index < -0.39 is 0 Å². The predicted octanol–water partition coefficient (Wildman–Crippen LogP) is 3.66. The minimum Gasteiger partial charge on any atom is -0.245 e.